The summed E-state index contributed by atoms with van der Waals surface area (Å²) in [5.74, 6) is -0.0410. The second-order valence-electron chi connectivity index (χ2n) is 5.20. The Balaban J connectivity index is 2.21. The van der Waals surface area contributed by atoms with Crippen LogP contribution in [0.3, 0.4) is 0 Å². The number of pyridine rings is 1. The van der Waals surface area contributed by atoms with Gasteiger partial charge in [0.2, 0.25) is 5.91 Å². The number of fused-ring (bicyclic) bond motifs is 1. The Morgan fingerprint density at radius 3 is 2.81 bits per heavy atom. The maximum absolute atomic E-state index is 11.7. The molecule has 0 saturated carbocycles. The van der Waals surface area contributed by atoms with E-state index in [1.165, 1.54) is 12.8 Å². The summed E-state index contributed by atoms with van der Waals surface area (Å²) < 4.78 is 1.87. The summed E-state index contributed by atoms with van der Waals surface area (Å²) in [6.45, 7) is 4.97. The van der Waals surface area contributed by atoms with Gasteiger partial charge >= 0.3 is 0 Å². The molecule has 0 fully saturated rings. The van der Waals surface area contributed by atoms with Crippen LogP contribution in [-0.2, 0) is 11.3 Å². The van der Waals surface area contributed by atoms with Crippen LogP contribution in [0.5, 0.6) is 0 Å². The highest BCUT2D eigenvalue weighted by Gasteiger charge is 2.12. The molecule has 6 heteroatoms. The van der Waals surface area contributed by atoms with Crippen molar-refractivity contribution >= 4 is 28.3 Å². The Morgan fingerprint density at radius 1 is 1.29 bits per heavy atom. The molecule has 0 aliphatic carbocycles. The molecular weight excluding hydrogens is 266 g/mol. The minimum absolute atomic E-state index is 0.0410. The number of nitrogens with one attached hydrogen (secondary N) is 1. The Morgan fingerprint density at radius 2 is 2.10 bits per heavy atom. The first kappa shape index (κ1) is 15.3. The van der Waals surface area contributed by atoms with Gasteiger partial charge in [0.25, 0.3) is 0 Å². The molecule has 0 unspecified atom stereocenters. The molecule has 2 aromatic rings. The van der Waals surface area contributed by atoms with Crippen LogP contribution in [0.4, 0.5) is 11.4 Å². The van der Waals surface area contributed by atoms with Crippen LogP contribution in [0, 0.1) is 0 Å². The van der Waals surface area contributed by atoms with Gasteiger partial charge in [-0.05, 0) is 12.8 Å². The van der Waals surface area contributed by atoms with E-state index in [1.54, 1.807) is 12.4 Å². The maximum atomic E-state index is 11.7. The molecule has 0 atom stereocenters. The number of nitrogen functional groups attached to an aromatic ring is 1. The van der Waals surface area contributed by atoms with E-state index in [2.05, 4.69) is 22.3 Å². The normalized spacial score (nSPS) is 11.0. The minimum atomic E-state index is -0.0410. The average Bonchev–Trinajstić information content (AvgIpc) is 2.87. The van der Waals surface area contributed by atoms with Gasteiger partial charge in [0.05, 0.1) is 29.2 Å². The minimum Gasteiger partial charge on any atom is -0.396 e. The monoisotopic (exact) mass is 289 g/mol. The predicted octanol–water partition coefficient (Wildman–Crippen LogP) is 2.94. The molecule has 0 aromatic carbocycles. The third-order valence-corrected chi connectivity index (χ3v) is 3.43. The van der Waals surface area contributed by atoms with Crippen LogP contribution in [-0.4, -0.2) is 20.7 Å². The van der Waals surface area contributed by atoms with Crippen LogP contribution in [0.25, 0.3) is 11.0 Å². The van der Waals surface area contributed by atoms with Gasteiger partial charge in [0.15, 0.2) is 5.65 Å². The van der Waals surface area contributed by atoms with Gasteiger partial charge in [-0.25, -0.2) is 9.67 Å². The Bertz CT molecular complexity index is 620. The Labute approximate surface area is 124 Å². The Kier molecular flexibility index (Phi) is 5.14. The van der Waals surface area contributed by atoms with Crippen molar-refractivity contribution in [3.8, 4) is 0 Å². The van der Waals surface area contributed by atoms with Crippen LogP contribution in [0.1, 0.15) is 46.0 Å². The molecule has 0 aliphatic heterocycles. The zero-order valence-electron chi connectivity index (χ0n) is 12.7. The first-order valence-electron chi connectivity index (χ1n) is 7.57. The standard InChI is InChI=1S/C15H23N5O/c1-3-5-6-8-20-15-11(9-18-20)14(16)12(10-17-15)19-13(21)7-4-2/h9-10H,3-8H2,1-2H3,(H2,16,17)(H,19,21). The molecule has 0 spiro atoms. The number of nitrogens with two attached hydrogens (primary N) is 1. The van der Waals surface area contributed by atoms with E-state index in [1.807, 2.05) is 11.6 Å². The van der Waals surface area contributed by atoms with Crippen molar-refractivity contribution in [1.29, 1.82) is 0 Å². The van der Waals surface area contributed by atoms with Crippen molar-refractivity contribution in [2.24, 2.45) is 0 Å². The highest BCUT2D eigenvalue weighted by atomic mass is 16.1. The summed E-state index contributed by atoms with van der Waals surface area (Å²) in [4.78, 5) is 16.1. The van der Waals surface area contributed by atoms with Crippen molar-refractivity contribution in [3.05, 3.63) is 12.4 Å². The number of nitrogens with zero attached hydrogens (tertiary/aromatic N) is 3. The van der Waals surface area contributed by atoms with E-state index in [0.717, 1.165) is 30.4 Å². The first-order chi connectivity index (χ1) is 10.2. The zero-order chi connectivity index (χ0) is 15.2. The summed E-state index contributed by atoms with van der Waals surface area (Å²) >= 11 is 0. The average molecular weight is 289 g/mol. The molecule has 0 aliphatic rings. The number of carbonyl (C=O) groups is 1. The third-order valence-electron chi connectivity index (χ3n) is 3.43. The van der Waals surface area contributed by atoms with Crippen molar-refractivity contribution in [1.82, 2.24) is 14.8 Å². The molecule has 1 amide bonds. The largest absolute Gasteiger partial charge is 0.396 e. The number of carbonyl (C=O) groups excluding carboxylic acids is 1. The van der Waals surface area contributed by atoms with Crippen molar-refractivity contribution in [2.45, 2.75) is 52.5 Å². The fourth-order valence-electron chi connectivity index (χ4n) is 2.26. The number of amides is 1. The lowest BCUT2D eigenvalue weighted by Gasteiger charge is -2.08. The van der Waals surface area contributed by atoms with Crippen LogP contribution < -0.4 is 11.1 Å². The van der Waals surface area contributed by atoms with Gasteiger partial charge in [-0.1, -0.05) is 26.7 Å². The summed E-state index contributed by atoms with van der Waals surface area (Å²) in [6.07, 6.45) is 8.03. The van der Waals surface area contributed by atoms with Gasteiger partial charge in [-0.15, -0.1) is 0 Å². The zero-order valence-corrected chi connectivity index (χ0v) is 12.7. The third kappa shape index (κ3) is 3.51. The van der Waals surface area contributed by atoms with E-state index in [0.29, 0.717) is 17.8 Å². The van der Waals surface area contributed by atoms with Gasteiger partial charge in [0, 0.05) is 13.0 Å². The molecule has 2 rings (SSSR count). The lowest BCUT2D eigenvalue weighted by atomic mass is 10.2. The quantitative estimate of drug-likeness (QED) is 0.767. The molecule has 2 aromatic heterocycles. The Hall–Kier alpha value is -2.11. The first-order valence-corrected chi connectivity index (χ1v) is 7.57. The van der Waals surface area contributed by atoms with Crippen LogP contribution in [0.2, 0.25) is 0 Å². The fraction of sp³-hybridized carbons (Fsp3) is 0.533. The molecule has 6 nitrogen and oxygen atoms in total. The van der Waals surface area contributed by atoms with Crippen molar-refractivity contribution < 1.29 is 4.79 Å². The summed E-state index contributed by atoms with van der Waals surface area (Å²) in [6, 6.07) is 0. The van der Waals surface area contributed by atoms with Gasteiger partial charge in [-0.2, -0.15) is 5.10 Å². The molecular formula is C15H23N5O. The van der Waals surface area contributed by atoms with Crippen LogP contribution in [0.15, 0.2) is 12.4 Å². The highest BCUT2D eigenvalue weighted by Crippen LogP contribution is 2.27. The summed E-state index contributed by atoms with van der Waals surface area (Å²) in [5.41, 5.74) is 8.00. The van der Waals surface area contributed by atoms with E-state index >= 15 is 0 Å². The summed E-state index contributed by atoms with van der Waals surface area (Å²) in [5, 5.41) is 7.94. The molecule has 0 radical (unpaired) electrons. The van der Waals surface area contributed by atoms with E-state index < -0.39 is 0 Å². The number of aromatic nitrogens is 3. The second kappa shape index (κ2) is 7.06. The van der Waals surface area contributed by atoms with Gasteiger partial charge in [-0.3, -0.25) is 4.79 Å². The maximum Gasteiger partial charge on any atom is 0.224 e. The van der Waals surface area contributed by atoms with E-state index in [9.17, 15) is 4.79 Å². The fourth-order valence-corrected chi connectivity index (χ4v) is 2.26. The smallest absolute Gasteiger partial charge is 0.224 e. The molecule has 21 heavy (non-hydrogen) atoms. The van der Waals surface area contributed by atoms with Crippen molar-refractivity contribution in [3.63, 3.8) is 0 Å². The van der Waals surface area contributed by atoms with Crippen molar-refractivity contribution in [2.75, 3.05) is 11.1 Å². The molecule has 3 N–H and O–H groups in total. The van der Waals surface area contributed by atoms with Gasteiger partial charge in [0.1, 0.15) is 0 Å². The number of unbranched alkanes of at least 4 members (excludes halogenated alkanes) is 2. The number of hydrogen-bond acceptors (Lipinski definition) is 4. The molecule has 0 saturated heterocycles. The molecule has 2 heterocycles. The lowest BCUT2D eigenvalue weighted by Crippen LogP contribution is -2.12. The number of hydrogen-bond donors (Lipinski definition) is 2. The molecule has 114 valence electrons. The van der Waals surface area contributed by atoms with Gasteiger partial charge < -0.3 is 11.1 Å². The topological polar surface area (TPSA) is 85.8 Å². The SMILES string of the molecule is CCCCCn1ncc2c(N)c(NC(=O)CCC)cnc21. The summed E-state index contributed by atoms with van der Waals surface area (Å²) in [7, 11) is 0. The highest BCUT2D eigenvalue weighted by molar-refractivity contribution is 6.01. The number of rotatable bonds is 7. The van der Waals surface area contributed by atoms with E-state index in [-0.39, 0.29) is 5.91 Å². The second-order valence-corrected chi connectivity index (χ2v) is 5.20. The lowest BCUT2D eigenvalue weighted by molar-refractivity contribution is -0.116. The number of anilines is 2. The predicted molar refractivity (Wildman–Crippen MR) is 85.0 cm³/mol. The number of aryl methyl sites for hydroxylation is 1. The van der Waals surface area contributed by atoms with Crippen LogP contribution >= 0.6 is 0 Å². The molecule has 0 bridgehead atoms. The van der Waals surface area contributed by atoms with E-state index in [4.69, 9.17) is 5.73 Å².